The molecule has 0 aliphatic carbocycles. The van der Waals surface area contributed by atoms with Crippen LogP contribution in [-0.2, 0) is 4.79 Å². The molecule has 1 aromatic carbocycles. The van der Waals surface area contributed by atoms with Gasteiger partial charge in [-0.15, -0.1) is 0 Å². The Morgan fingerprint density at radius 3 is 3.07 bits per heavy atom. The van der Waals surface area contributed by atoms with Crippen LogP contribution in [0.5, 0.6) is 5.75 Å². The van der Waals surface area contributed by atoms with Crippen molar-refractivity contribution in [3.05, 3.63) is 29.8 Å². The van der Waals surface area contributed by atoms with Gasteiger partial charge in [-0.3, -0.25) is 4.79 Å². The van der Waals surface area contributed by atoms with Crippen LogP contribution in [0.3, 0.4) is 0 Å². The third-order valence-corrected chi connectivity index (χ3v) is 3.85. The first kappa shape index (κ1) is 10.6. The number of rotatable bonds is 2. The summed E-state index contributed by atoms with van der Waals surface area (Å²) in [5.74, 6) is 0.867. The molecule has 2 nitrogen and oxygen atoms in total. The van der Waals surface area contributed by atoms with E-state index in [0.717, 1.165) is 25.0 Å². The molecule has 2 rings (SSSR count). The Hall–Kier alpha value is -0.960. The Bertz CT molecular complexity index is 362. The average molecular weight is 222 g/mol. The summed E-state index contributed by atoms with van der Waals surface area (Å²) in [7, 11) is 1.66. The van der Waals surface area contributed by atoms with Crippen LogP contribution in [0.25, 0.3) is 0 Å². The predicted molar refractivity (Wildman–Crippen MR) is 62.2 cm³/mol. The highest BCUT2D eigenvalue weighted by Gasteiger charge is 2.21. The molecule has 0 bridgehead atoms. The minimum absolute atomic E-state index is 0.314. The highest BCUT2D eigenvalue weighted by atomic mass is 32.2. The van der Waals surface area contributed by atoms with Crippen LogP contribution in [-0.4, -0.2) is 12.2 Å². The van der Waals surface area contributed by atoms with E-state index in [2.05, 4.69) is 6.07 Å². The van der Waals surface area contributed by atoms with E-state index in [4.69, 9.17) is 4.74 Å². The van der Waals surface area contributed by atoms with E-state index in [0.29, 0.717) is 10.4 Å². The van der Waals surface area contributed by atoms with Gasteiger partial charge in [-0.1, -0.05) is 23.9 Å². The van der Waals surface area contributed by atoms with Crippen molar-refractivity contribution in [1.29, 1.82) is 0 Å². The monoisotopic (exact) mass is 222 g/mol. The van der Waals surface area contributed by atoms with Gasteiger partial charge in [0.1, 0.15) is 5.75 Å². The second kappa shape index (κ2) is 4.71. The van der Waals surface area contributed by atoms with E-state index < -0.39 is 0 Å². The largest absolute Gasteiger partial charge is 0.497 e. The van der Waals surface area contributed by atoms with Crippen molar-refractivity contribution in [1.82, 2.24) is 0 Å². The van der Waals surface area contributed by atoms with Gasteiger partial charge in [0.25, 0.3) is 0 Å². The number of hydrogen-bond donors (Lipinski definition) is 0. The topological polar surface area (TPSA) is 26.3 Å². The van der Waals surface area contributed by atoms with Gasteiger partial charge in [0.2, 0.25) is 0 Å². The molecule has 1 heterocycles. The van der Waals surface area contributed by atoms with Crippen LogP contribution >= 0.6 is 11.8 Å². The van der Waals surface area contributed by atoms with Crippen LogP contribution in [0.4, 0.5) is 0 Å². The van der Waals surface area contributed by atoms with Gasteiger partial charge in [0.05, 0.1) is 7.11 Å². The summed E-state index contributed by atoms with van der Waals surface area (Å²) in [6.07, 6.45) is 2.82. The molecule has 80 valence electrons. The summed E-state index contributed by atoms with van der Waals surface area (Å²) in [5.41, 5.74) is 1.20. The van der Waals surface area contributed by atoms with E-state index >= 15 is 0 Å². The van der Waals surface area contributed by atoms with Crippen molar-refractivity contribution in [2.24, 2.45) is 0 Å². The quantitative estimate of drug-likeness (QED) is 0.768. The molecule has 1 atom stereocenters. The number of hydrogen-bond acceptors (Lipinski definition) is 3. The zero-order valence-electron chi connectivity index (χ0n) is 8.73. The van der Waals surface area contributed by atoms with Crippen molar-refractivity contribution in [3.8, 4) is 5.75 Å². The highest BCUT2D eigenvalue weighted by Crippen LogP contribution is 2.39. The molecule has 1 aromatic rings. The number of carbonyl (C=O) groups excluding carboxylic acids is 1. The molecule has 1 fully saturated rings. The number of carbonyl (C=O) groups is 1. The minimum atomic E-state index is 0.314. The summed E-state index contributed by atoms with van der Waals surface area (Å²) in [6.45, 7) is 0. The molecule has 1 aliphatic rings. The summed E-state index contributed by atoms with van der Waals surface area (Å²) in [4.78, 5) is 11.3. The maximum atomic E-state index is 11.3. The van der Waals surface area contributed by atoms with E-state index in [9.17, 15) is 4.79 Å². The summed E-state index contributed by atoms with van der Waals surface area (Å²) >= 11 is 1.46. The first-order chi connectivity index (χ1) is 7.29. The first-order valence-corrected chi connectivity index (χ1v) is 6.01. The summed E-state index contributed by atoms with van der Waals surface area (Å²) in [6, 6.07) is 8.00. The van der Waals surface area contributed by atoms with Crippen LogP contribution in [0.15, 0.2) is 24.3 Å². The lowest BCUT2D eigenvalue weighted by Gasteiger charge is -2.20. The Balaban J connectivity index is 2.17. The minimum Gasteiger partial charge on any atom is -0.497 e. The molecule has 1 unspecified atom stereocenters. The van der Waals surface area contributed by atoms with E-state index in [-0.39, 0.29) is 0 Å². The third kappa shape index (κ3) is 2.53. The molecule has 15 heavy (non-hydrogen) atoms. The standard InChI is InChI=1S/C12H14O2S/c1-14-10-5-2-4-9(8-10)11-6-3-7-12(13)15-11/h2,4-5,8,11H,3,6-7H2,1H3. The summed E-state index contributed by atoms with van der Waals surface area (Å²) < 4.78 is 5.18. The van der Waals surface area contributed by atoms with Gasteiger partial charge in [-0.25, -0.2) is 0 Å². The van der Waals surface area contributed by atoms with E-state index in [1.54, 1.807) is 7.11 Å². The first-order valence-electron chi connectivity index (χ1n) is 5.13. The van der Waals surface area contributed by atoms with Gasteiger partial charge in [-0.2, -0.15) is 0 Å². The van der Waals surface area contributed by atoms with E-state index in [1.165, 1.54) is 17.3 Å². The Kier molecular flexibility index (Phi) is 3.31. The van der Waals surface area contributed by atoms with Gasteiger partial charge in [0, 0.05) is 11.7 Å². The number of methoxy groups -OCH3 is 1. The number of benzene rings is 1. The van der Waals surface area contributed by atoms with Crippen molar-refractivity contribution in [2.45, 2.75) is 24.5 Å². The van der Waals surface area contributed by atoms with Gasteiger partial charge < -0.3 is 4.74 Å². The number of ether oxygens (including phenoxy) is 1. The maximum Gasteiger partial charge on any atom is 0.189 e. The molecule has 0 aromatic heterocycles. The maximum absolute atomic E-state index is 11.3. The molecule has 1 saturated heterocycles. The van der Waals surface area contributed by atoms with Crippen LogP contribution in [0, 0.1) is 0 Å². The van der Waals surface area contributed by atoms with Crippen molar-refractivity contribution >= 4 is 16.9 Å². The fraction of sp³-hybridized carbons (Fsp3) is 0.417. The Morgan fingerprint density at radius 2 is 2.33 bits per heavy atom. The van der Waals surface area contributed by atoms with Crippen LogP contribution < -0.4 is 4.74 Å². The van der Waals surface area contributed by atoms with Gasteiger partial charge in [0.15, 0.2) is 5.12 Å². The van der Waals surface area contributed by atoms with Crippen molar-refractivity contribution < 1.29 is 9.53 Å². The lowest BCUT2D eigenvalue weighted by atomic mass is 10.1. The lowest BCUT2D eigenvalue weighted by Crippen LogP contribution is -2.06. The van der Waals surface area contributed by atoms with Crippen LogP contribution in [0.2, 0.25) is 0 Å². The molecule has 0 spiro atoms. The van der Waals surface area contributed by atoms with Crippen LogP contribution in [0.1, 0.15) is 30.1 Å². The third-order valence-electron chi connectivity index (χ3n) is 2.59. The van der Waals surface area contributed by atoms with Gasteiger partial charge in [-0.05, 0) is 30.5 Å². The Labute approximate surface area is 94.0 Å². The SMILES string of the molecule is COc1cccc(C2CCCC(=O)S2)c1. The van der Waals surface area contributed by atoms with E-state index in [1.807, 2.05) is 18.2 Å². The fourth-order valence-electron chi connectivity index (χ4n) is 1.78. The molecule has 0 saturated carbocycles. The second-order valence-electron chi connectivity index (χ2n) is 3.65. The molecule has 1 aliphatic heterocycles. The lowest BCUT2D eigenvalue weighted by molar-refractivity contribution is -0.111. The smallest absolute Gasteiger partial charge is 0.189 e. The molecular formula is C12H14O2S. The van der Waals surface area contributed by atoms with Crippen molar-refractivity contribution in [3.63, 3.8) is 0 Å². The second-order valence-corrected chi connectivity index (χ2v) is 4.91. The zero-order chi connectivity index (χ0) is 10.7. The van der Waals surface area contributed by atoms with Crippen molar-refractivity contribution in [2.75, 3.05) is 7.11 Å². The molecular weight excluding hydrogens is 208 g/mol. The summed E-state index contributed by atoms with van der Waals surface area (Å²) in [5, 5.41) is 0.635. The molecule has 3 heteroatoms. The molecule has 0 N–H and O–H groups in total. The normalized spacial score (nSPS) is 21.4. The fourth-order valence-corrected chi connectivity index (χ4v) is 2.93. The Morgan fingerprint density at radius 1 is 1.47 bits per heavy atom. The molecule has 0 radical (unpaired) electrons. The highest BCUT2D eigenvalue weighted by molar-refractivity contribution is 8.13. The number of thioether (sulfide) groups is 1. The predicted octanol–water partition coefficient (Wildman–Crippen LogP) is 3.18. The van der Waals surface area contributed by atoms with Gasteiger partial charge >= 0.3 is 0 Å². The molecule has 0 amide bonds. The zero-order valence-corrected chi connectivity index (χ0v) is 9.55. The average Bonchev–Trinajstić information content (AvgIpc) is 2.29.